The highest BCUT2D eigenvalue weighted by molar-refractivity contribution is 5.79. The van der Waals surface area contributed by atoms with Crippen molar-refractivity contribution in [2.45, 2.75) is 12.8 Å². The third kappa shape index (κ3) is 1.91. The molecule has 0 aromatic rings. The van der Waals surface area contributed by atoms with Gasteiger partial charge in [0.2, 0.25) is 5.91 Å². The van der Waals surface area contributed by atoms with Crippen LogP contribution in [0.4, 0.5) is 0 Å². The Morgan fingerprint density at radius 3 is 2.93 bits per heavy atom. The average Bonchev–Trinajstić information content (AvgIpc) is 2.88. The van der Waals surface area contributed by atoms with Crippen molar-refractivity contribution in [3.63, 3.8) is 0 Å². The molecule has 2 heterocycles. The second kappa shape index (κ2) is 4.28. The molecule has 1 amide bonds. The maximum Gasteiger partial charge on any atom is 0.227 e. The zero-order valence-electron chi connectivity index (χ0n) is 8.41. The van der Waals surface area contributed by atoms with Crippen molar-refractivity contribution in [2.75, 3.05) is 32.8 Å². The van der Waals surface area contributed by atoms with Crippen molar-refractivity contribution >= 4 is 5.91 Å². The lowest BCUT2D eigenvalue weighted by Gasteiger charge is -2.19. The smallest absolute Gasteiger partial charge is 0.227 e. The van der Waals surface area contributed by atoms with Gasteiger partial charge in [-0.15, -0.1) is 0 Å². The van der Waals surface area contributed by atoms with Gasteiger partial charge in [0.15, 0.2) is 0 Å². The monoisotopic (exact) mass is 198 g/mol. The second-order valence-corrected chi connectivity index (χ2v) is 4.31. The van der Waals surface area contributed by atoms with Crippen LogP contribution < -0.4 is 5.32 Å². The molecular formula is C10H18N2O2. The van der Waals surface area contributed by atoms with Gasteiger partial charge in [0, 0.05) is 32.2 Å². The topological polar surface area (TPSA) is 52.6 Å². The summed E-state index contributed by atoms with van der Waals surface area (Å²) in [4.78, 5) is 13.8. The van der Waals surface area contributed by atoms with Gasteiger partial charge in [0.25, 0.3) is 0 Å². The third-order valence-electron chi connectivity index (χ3n) is 3.27. The largest absolute Gasteiger partial charge is 0.396 e. The summed E-state index contributed by atoms with van der Waals surface area (Å²) in [6, 6.07) is 0. The molecule has 4 nitrogen and oxygen atoms in total. The number of hydrogen-bond donors (Lipinski definition) is 2. The number of amides is 1. The number of likely N-dealkylation sites (tertiary alicyclic amines) is 1. The van der Waals surface area contributed by atoms with E-state index in [0.29, 0.717) is 5.92 Å². The number of aliphatic hydroxyl groups is 1. The fourth-order valence-electron chi connectivity index (χ4n) is 2.31. The molecule has 0 radical (unpaired) electrons. The Morgan fingerprint density at radius 2 is 2.36 bits per heavy atom. The molecule has 2 rings (SSSR count). The number of nitrogens with zero attached hydrogens (tertiary/aromatic N) is 1. The van der Waals surface area contributed by atoms with Crippen molar-refractivity contribution in [2.24, 2.45) is 11.8 Å². The molecule has 0 spiro atoms. The summed E-state index contributed by atoms with van der Waals surface area (Å²) in [5, 5.41) is 12.2. The Balaban J connectivity index is 1.86. The number of carbonyl (C=O) groups is 1. The van der Waals surface area contributed by atoms with Gasteiger partial charge in [-0.3, -0.25) is 4.79 Å². The van der Waals surface area contributed by atoms with Gasteiger partial charge in [0.05, 0.1) is 5.92 Å². The summed E-state index contributed by atoms with van der Waals surface area (Å²) in [7, 11) is 0. The highest BCUT2D eigenvalue weighted by atomic mass is 16.3. The Kier molecular flexibility index (Phi) is 3.03. The van der Waals surface area contributed by atoms with Crippen LogP contribution in [0, 0.1) is 11.8 Å². The van der Waals surface area contributed by atoms with E-state index in [4.69, 9.17) is 5.11 Å². The first-order valence-corrected chi connectivity index (χ1v) is 5.41. The third-order valence-corrected chi connectivity index (χ3v) is 3.27. The van der Waals surface area contributed by atoms with Gasteiger partial charge in [-0.25, -0.2) is 0 Å². The molecule has 2 saturated heterocycles. The van der Waals surface area contributed by atoms with Gasteiger partial charge >= 0.3 is 0 Å². The highest BCUT2D eigenvalue weighted by Crippen LogP contribution is 2.20. The molecule has 1 unspecified atom stereocenters. The number of carbonyl (C=O) groups excluding carboxylic acids is 1. The van der Waals surface area contributed by atoms with Crippen LogP contribution in [-0.2, 0) is 4.79 Å². The van der Waals surface area contributed by atoms with Crippen molar-refractivity contribution in [3.8, 4) is 0 Å². The molecule has 2 atom stereocenters. The minimum Gasteiger partial charge on any atom is -0.396 e. The first-order chi connectivity index (χ1) is 6.81. The van der Waals surface area contributed by atoms with E-state index in [-0.39, 0.29) is 18.4 Å². The van der Waals surface area contributed by atoms with Gasteiger partial charge < -0.3 is 15.3 Å². The van der Waals surface area contributed by atoms with Crippen LogP contribution in [0.5, 0.6) is 0 Å². The van der Waals surface area contributed by atoms with E-state index in [0.717, 1.165) is 39.0 Å². The van der Waals surface area contributed by atoms with Crippen LogP contribution in [0.25, 0.3) is 0 Å². The Morgan fingerprint density at radius 1 is 1.50 bits per heavy atom. The maximum atomic E-state index is 11.9. The second-order valence-electron chi connectivity index (χ2n) is 4.31. The van der Waals surface area contributed by atoms with Crippen LogP contribution in [0.2, 0.25) is 0 Å². The lowest BCUT2D eigenvalue weighted by atomic mass is 10.1. The summed E-state index contributed by atoms with van der Waals surface area (Å²) < 4.78 is 0. The molecule has 14 heavy (non-hydrogen) atoms. The quantitative estimate of drug-likeness (QED) is 0.625. The lowest BCUT2D eigenvalue weighted by Crippen LogP contribution is -2.35. The van der Waals surface area contributed by atoms with Crippen LogP contribution in [0.3, 0.4) is 0 Å². The first kappa shape index (κ1) is 9.93. The summed E-state index contributed by atoms with van der Waals surface area (Å²) in [5.74, 6) is 0.784. The van der Waals surface area contributed by atoms with Crippen molar-refractivity contribution < 1.29 is 9.90 Å². The summed E-state index contributed by atoms with van der Waals surface area (Å²) in [5.41, 5.74) is 0. The van der Waals surface area contributed by atoms with Gasteiger partial charge in [-0.1, -0.05) is 0 Å². The minimum absolute atomic E-state index is 0.187. The van der Waals surface area contributed by atoms with E-state index >= 15 is 0 Å². The van der Waals surface area contributed by atoms with E-state index < -0.39 is 0 Å². The minimum atomic E-state index is 0.187. The Hall–Kier alpha value is -0.610. The number of hydrogen-bond acceptors (Lipinski definition) is 3. The fraction of sp³-hybridized carbons (Fsp3) is 0.900. The summed E-state index contributed by atoms with van der Waals surface area (Å²) in [6.07, 6.45) is 1.93. The average molecular weight is 198 g/mol. The molecule has 0 bridgehead atoms. The molecule has 0 aromatic carbocycles. The van der Waals surface area contributed by atoms with Gasteiger partial charge in [-0.2, -0.15) is 0 Å². The highest BCUT2D eigenvalue weighted by Gasteiger charge is 2.31. The molecule has 0 aliphatic carbocycles. The zero-order valence-corrected chi connectivity index (χ0v) is 8.41. The number of aliphatic hydroxyl groups excluding tert-OH is 1. The lowest BCUT2D eigenvalue weighted by molar-refractivity contribution is -0.134. The van der Waals surface area contributed by atoms with Crippen LogP contribution in [-0.4, -0.2) is 48.7 Å². The van der Waals surface area contributed by atoms with E-state index in [1.54, 1.807) is 0 Å². The van der Waals surface area contributed by atoms with E-state index in [1.807, 2.05) is 4.90 Å². The predicted molar refractivity (Wildman–Crippen MR) is 52.7 cm³/mol. The standard InChI is InChI=1S/C10H18N2O2/c13-7-8-2-4-12(6-8)10(14)9-1-3-11-5-9/h8-9,11,13H,1-7H2/t8?,9-/m0/s1. The molecule has 0 aromatic heterocycles. The molecule has 2 N–H and O–H groups in total. The molecule has 2 aliphatic rings. The van der Waals surface area contributed by atoms with Crippen molar-refractivity contribution in [1.82, 2.24) is 10.2 Å². The van der Waals surface area contributed by atoms with Crippen molar-refractivity contribution in [3.05, 3.63) is 0 Å². The molecular weight excluding hydrogens is 180 g/mol. The van der Waals surface area contributed by atoms with E-state index in [1.165, 1.54) is 0 Å². The predicted octanol–water partition coefficient (Wildman–Crippen LogP) is -0.563. The molecule has 4 heteroatoms. The van der Waals surface area contributed by atoms with Crippen LogP contribution in [0.15, 0.2) is 0 Å². The van der Waals surface area contributed by atoms with E-state index in [9.17, 15) is 4.79 Å². The molecule has 2 aliphatic heterocycles. The zero-order chi connectivity index (χ0) is 9.97. The van der Waals surface area contributed by atoms with E-state index in [2.05, 4.69) is 5.32 Å². The summed E-state index contributed by atoms with van der Waals surface area (Å²) in [6.45, 7) is 3.60. The van der Waals surface area contributed by atoms with Crippen molar-refractivity contribution in [1.29, 1.82) is 0 Å². The first-order valence-electron chi connectivity index (χ1n) is 5.41. The number of nitrogens with one attached hydrogen (secondary N) is 1. The Bertz CT molecular complexity index is 214. The van der Waals surface area contributed by atoms with Gasteiger partial charge in [0.1, 0.15) is 0 Å². The fourth-order valence-corrected chi connectivity index (χ4v) is 2.31. The SMILES string of the molecule is O=C([C@H]1CCNC1)N1CCC(CO)C1. The Labute approximate surface area is 84.3 Å². The normalized spacial score (nSPS) is 32.5. The summed E-state index contributed by atoms with van der Waals surface area (Å²) >= 11 is 0. The number of rotatable bonds is 2. The van der Waals surface area contributed by atoms with Gasteiger partial charge in [-0.05, 0) is 19.4 Å². The molecule has 2 fully saturated rings. The molecule has 0 saturated carbocycles. The van der Waals surface area contributed by atoms with Crippen LogP contribution in [0.1, 0.15) is 12.8 Å². The van der Waals surface area contributed by atoms with Crippen LogP contribution >= 0.6 is 0 Å². The molecule has 80 valence electrons. The maximum absolute atomic E-state index is 11.9.